The molecule has 0 saturated heterocycles. The van der Waals surface area contributed by atoms with Gasteiger partial charge in [0.25, 0.3) is 0 Å². The summed E-state index contributed by atoms with van der Waals surface area (Å²) < 4.78 is 5.14. The van der Waals surface area contributed by atoms with E-state index >= 15 is 0 Å². The molecule has 2 unspecified atom stereocenters. The molecule has 0 aromatic carbocycles. The van der Waals surface area contributed by atoms with Crippen LogP contribution >= 0.6 is 15.9 Å². The van der Waals surface area contributed by atoms with Crippen LogP contribution in [-0.4, -0.2) is 5.33 Å². The minimum absolute atomic E-state index is 0.539. The monoisotopic (exact) mass is 254 g/mol. The lowest BCUT2D eigenvalue weighted by molar-refractivity contribution is 0.307. The Hall–Kier alpha value is -0.240. The van der Waals surface area contributed by atoms with Gasteiger partial charge in [0, 0.05) is 5.33 Å². The molecule has 1 nitrogen and oxygen atoms in total. The molecule has 0 spiro atoms. The van der Waals surface area contributed by atoms with E-state index in [0.717, 1.165) is 17.2 Å². The smallest absolute Gasteiger partial charge is 0.0934 e. The SMILES string of the molecule is BrCC1(Cc2ccoc2)CC2CC2C1. The van der Waals surface area contributed by atoms with Gasteiger partial charge in [-0.25, -0.2) is 0 Å². The molecule has 2 aliphatic carbocycles. The van der Waals surface area contributed by atoms with E-state index in [9.17, 15) is 0 Å². The van der Waals surface area contributed by atoms with Crippen molar-refractivity contribution >= 4 is 15.9 Å². The van der Waals surface area contributed by atoms with Crippen molar-refractivity contribution in [3.8, 4) is 0 Å². The lowest BCUT2D eigenvalue weighted by Crippen LogP contribution is -2.23. The molecule has 1 heterocycles. The Morgan fingerprint density at radius 2 is 2.21 bits per heavy atom. The van der Waals surface area contributed by atoms with E-state index in [4.69, 9.17) is 4.42 Å². The van der Waals surface area contributed by atoms with Gasteiger partial charge in [-0.05, 0) is 54.6 Å². The van der Waals surface area contributed by atoms with Crippen molar-refractivity contribution in [3.05, 3.63) is 24.2 Å². The van der Waals surface area contributed by atoms with Crippen LogP contribution in [0.15, 0.2) is 23.0 Å². The summed E-state index contributed by atoms with van der Waals surface area (Å²) >= 11 is 3.70. The van der Waals surface area contributed by atoms with Crippen molar-refractivity contribution in [1.29, 1.82) is 0 Å². The standard InChI is InChI=1S/C12H15BrO/c13-8-12(4-9-1-2-14-7-9)5-10-3-11(10)6-12/h1-2,7,10-11H,3-6,8H2. The molecule has 2 atom stereocenters. The van der Waals surface area contributed by atoms with Gasteiger partial charge in [0.15, 0.2) is 0 Å². The zero-order valence-electron chi connectivity index (χ0n) is 8.21. The van der Waals surface area contributed by atoms with Gasteiger partial charge in [-0.3, -0.25) is 0 Å². The van der Waals surface area contributed by atoms with E-state index in [0.29, 0.717) is 5.41 Å². The third-order valence-electron chi connectivity index (χ3n) is 3.90. The van der Waals surface area contributed by atoms with Crippen molar-refractivity contribution in [3.63, 3.8) is 0 Å². The zero-order chi connectivity index (χ0) is 9.60. The maximum atomic E-state index is 5.14. The predicted octanol–water partition coefficient (Wildman–Crippen LogP) is 3.63. The molecule has 0 amide bonds. The summed E-state index contributed by atoms with van der Waals surface area (Å²) in [6.45, 7) is 0. The normalized spacial score (nSPS) is 39.8. The summed E-state index contributed by atoms with van der Waals surface area (Å²) in [5.41, 5.74) is 1.91. The maximum Gasteiger partial charge on any atom is 0.0934 e. The van der Waals surface area contributed by atoms with E-state index < -0.39 is 0 Å². The first-order valence-electron chi connectivity index (χ1n) is 5.38. The second kappa shape index (κ2) is 3.13. The zero-order valence-corrected chi connectivity index (χ0v) is 9.79. The molecule has 0 radical (unpaired) electrons. The molecule has 2 saturated carbocycles. The van der Waals surface area contributed by atoms with Crippen LogP contribution in [-0.2, 0) is 6.42 Å². The largest absolute Gasteiger partial charge is 0.472 e. The van der Waals surface area contributed by atoms with Gasteiger partial charge < -0.3 is 4.42 Å². The third kappa shape index (κ3) is 1.44. The van der Waals surface area contributed by atoms with Gasteiger partial charge in [0.1, 0.15) is 0 Å². The first-order valence-corrected chi connectivity index (χ1v) is 6.50. The number of hydrogen-bond acceptors (Lipinski definition) is 1. The predicted molar refractivity (Wildman–Crippen MR) is 59.5 cm³/mol. The maximum absolute atomic E-state index is 5.14. The quantitative estimate of drug-likeness (QED) is 0.751. The van der Waals surface area contributed by atoms with E-state index in [1.165, 1.54) is 31.2 Å². The fourth-order valence-electron chi connectivity index (χ4n) is 3.13. The van der Waals surface area contributed by atoms with E-state index in [2.05, 4.69) is 22.0 Å². The van der Waals surface area contributed by atoms with Crippen molar-refractivity contribution < 1.29 is 4.42 Å². The Morgan fingerprint density at radius 1 is 1.43 bits per heavy atom. The van der Waals surface area contributed by atoms with Crippen LogP contribution in [0.3, 0.4) is 0 Å². The van der Waals surface area contributed by atoms with Gasteiger partial charge in [-0.2, -0.15) is 0 Å². The minimum Gasteiger partial charge on any atom is -0.472 e. The Morgan fingerprint density at radius 3 is 2.79 bits per heavy atom. The van der Waals surface area contributed by atoms with Gasteiger partial charge in [0.05, 0.1) is 12.5 Å². The Labute approximate surface area is 93.0 Å². The lowest BCUT2D eigenvalue weighted by Gasteiger charge is -2.28. The summed E-state index contributed by atoms with van der Waals surface area (Å²) in [6, 6.07) is 2.11. The van der Waals surface area contributed by atoms with Crippen LogP contribution in [0, 0.1) is 17.3 Å². The van der Waals surface area contributed by atoms with E-state index in [1.54, 1.807) is 6.26 Å². The third-order valence-corrected chi connectivity index (χ3v) is 5.09. The molecule has 76 valence electrons. The molecule has 14 heavy (non-hydrogen) atoms. The molecular formula is C12H15BrO. The van der Waals surface area contributed by atoms with E-state index in [1.807, 2.05) is 6.26 Å². The molecule has 1 aromatic rings. The highest BCUT2D eigenvalue weighted by atomic mass is 79.9. The average Bonchev–Trinajstić information content (AvgIpc) is 2.68. The summed E-state index contributed by atoms with van der Waals surface area (Å²) in [5, 5.41) is 1.15. The Bertz CT molecular complexity index is 307. The summed E-state index contributed by atoms with van der Waals surface area (Å²) in [7, 11) is 0. The van der Waals surface area contributed by atoms with E-state index in [-0.39, 0.29) is 0 Å². The second-order valence-electron chi connectivity index (χ2n) is 5.11. The molecule has 0 N–H and O–H groups in total. The van der Waals surface area contributed by atoms with Gasteiger partial charge >= 0.3 is 0 Å². The van der Waals surface area contributed by atoms with Crippen LogP contribution in [0.1, 0.15) is 24.8 Å². The van der Waals surface area contributed by atoms with Crippen LogP contribution in [0.4, 0.5) is 0 Å². The fourth-order valence-corrected chi connectivity index (χ4v) is 3.79. The highest BCUT2D eigenvalue weighted by Crippen LogP contribution is 2.61. The second-order valence-corrected chi connectivity index (χ2v) is 5.67. The highest BCUT2D eigenvalue weighted by molar-refractivity contribution is 9.09. The number of halogens is 1. The Kier molecular flexibility index (Phi) is 2.01. The van der Waals surface area contributed by atoms with Crippen LogP contribution in [0.2, 0.25) is 0 Å². The number of hydrogen-bond donors (Lipinski definition) is 0. The van der Waals surface area contributed by atoms with Crippen molar-refractivity contribution in [2.24, 2.45) is 17.3 Å². The topological polar surface area (TPSA) is 13.1 Å². The molecule has 2 heteroatoms. The summed E-state index contributed by atoms with van der Waals surface area (Å²) in [5.74, 6) is 2.11. The van der Waals surface area contributed by atoms with Crippen molar-refractivity contribution in [1.82, 2.24) is 0 Å². The number of rotatable bonds is 3. The molecule has 2 fully saturated rings. The van der Waals surface area contributed by atoms with Gasteiger partial charge in [-0.1, -0.05) is 15.9 Å². The average molecular weight is 255 g/mol. The van der Waals surface area contributed by atoms with Gasteiger partial charge in [0.2, 0.25) is 0 Å². The molecule has 0 aliphatic heterocycles. The highest BCUT2D eigenvalue weighted by Gasteiger charge is 2.52. The summed E-state index contributed by atoms with van der Waals surface area (Å²) in [6.07, 6.45) is 9.23. The van der Waals surface area contributed by atoms with Crippen LogP contribution in [0.5, 0.6) is 0 Å². The Balaban J connectivity index is 1.75. The van der Waals surface area contributed by atoms with Crippen LogP contribution in [0.25, 0.3) is 0 Å². The number of furan rings is 1. The first-order chi connectivity index (χ1) is 6.81. The van der Waals surface area contributed by atoms with Gasteiger partial charge in [-0.15, -0.1) is 0 Å². The minimum atomic E-state index is 0.539. The first kappa shape index (κ1) is 9.02. The van der Waals surface area contributed by atoms with Crippen molar-refractivity contribution in [2.45, 2.75) is 25.7 Å². The fraction of sp³-hybridized carbons (Fsp3) is 0.667. The number of alkyl halides is 1. The lowest BCUT2D eigenvalue weighted by atomic mass is 9.80. The molecule has 1 aromatic heterocycles. The molecular weight excluding hydrogens is 240 g/mol. The molecule has 2 aliphatic rings. The molecule has 0 bridgehead atoms. The van der Waals surface area contributed by atoms with Crippen molar-refractivity contribution in [2.75, 3.05) is 5.33 Å². The molecule has 3 rings (SSSR count). The summed E-state index contributed by atoms with van der Waals surface area (Å²) in [4.78, 5) is 0. The number of fused-ring (bicyclic) bond motifs is 1. The van der Waals surface area contributed by atoms with Crippen LogP contribution < -0.4 is 0 Å².